The zero-order valence-electron chi connectivity index (χ0n) is 20.3. The number of aliphatic hydroxyl groups excluding tert-OH is 1. The average Bonchev–Trinajstić information content (AvgIpc) is 3.32. The molecule has 4 heterocycles. The normalized spacial score (nSPS) is 30.9. The van der Waals surface area contributed by atoms with Crippen molar-refractivity contribution >= 4 is 11.9 Å². The van der Waals surface area contributed by atoms with E-state index in [0.717, 1.165) is 25.7 Å². The molecule has 1 aromatic rings. The van der Waals surface area contributed by atoms with Crippen molar-refractivity contribution in [2.45, 2.75) is 63.9 Å². The number of hydrazine groups is 1. The third-order valence-corrected chi connectivity index (χ3v) is 7.54. The second kappa shape index (κ2) is 9.73. The molecule has 11 heteroatoms. The number of likely N-dealkylation sites (tertiary alicyclic amines) is 1. The highest BCUT2D eigenvalue weighted by Crippen LogP contribution is 2.38. The number of carbonyl (C=O) groups excluding carboxylic acids is 2. The fourth-order valence-corrected chi connectivity index (χ4v) is 5.51. The van der Waals surface area contributed by atoms with Gasteiger partial charge in [0.05, 0.1) is 23.9 Å². The van der Waals surface area contributed by atoms with Gasteiger partial charge in [-0.2, -0.15) is 0 Å². The van der Waals surface area contributed by atoms with Crippen molar-refractivity contribution in [1.82, 2.24) is 35.9 Å². The largest absolute Gasteiger partial charge is 0.396 e. The summed E-state index contributed by atoms with van der Waals surface area (Å²) in [5, 5.41) is 12.1. The Morgan fingerprint density at radius 1 is 1.21 bits per heavy atom. The summed E-state index contributed by atoms with van der Waals surface area (Å²) < 4.78 is 13.1. The molecule has 0 saturated carbocycles. The van der Waals surface area contributed by atoms with Gasteiger partial charge in [0.25, 0.3) is 5.91 Å². The standard InChI is InChI=1S/C23H36FN7O3/c1-14-12-30(15(2)11-29(14)8-5-9-32)22(34)31-13-17-19(23(31,3)4)27-28-20(17)26-21(33)18-7-6-16(24)10-25-18/h6-7,10,14-15,17,19-20,27-28,32H,5,8-9,11-13H2,1-4H3,(H,26,33)/t14-,15+,17?,19?,20?/m1/s1. The van der Waals surface area contributed by atoms with E-state index in [-0.39, 0.29) is 42.4 Å². The van der Waals surface area contributed by atoms with Gasteiger partial charge in [-0.25, -0.2) is 19.6 Å². The van der Waals surface area contributed by atoms with Crippen LogP contribution in [0.5, 0.6) is 0 Å². The van der Waals surface area contributed by atoms with Crippen LogP contribution in [0.4, 0.5) is 9.18 Å². The molecule has 3 saturated heterocycles. The van der Waals surface area contributed by atoms with E-state index in [2.05, 4.69) is 39.9 Å². The molecule has 4 N–H and O–H groups in total. The monoisotopic (exact) mass is 477 g/mol. The van der Waals surface area contributed by atoms with E-state index in [0.29, 0.717) is 13.1 Å². The van der Waals surface area contributed by atoms with E-state index in [1.54, 1.807) is 0 Å². The number of pyridine rings is 1. The quantitative estimate of drug-likeness (QED) is 0.484. The smallest absolute Gasteiger partial charge is 0.320 e. The molecule has 5 atom stereocenters. The average molecular weight is 478 g/mol. The molecule has 0 bridgehead atoms. The van der Waals surface area contributed by atoms with Crippen LogP contribution in [0.3, 0.4) is 0 Å². The first-order valence-corrected chi connectivity index (χ1v) is 12.0. The lowest BCUT2D eigenvalue weighted by atomic mass is 9.90. The number of aromatic nitrogens is 1. The predicted molar refractivity (Wildman–Crippen MR) is 124 cm³/mol. The molecule has 188 valence electrons. The number of aliphatic hydroxyl groups is 1. The van der Waals surface area contributed by atoms with Crippen LogP contribution in [0.1, 0.15) is 44.6 Å². The van der Waals surface area contributed by atoms with E-state index in [9.17, 15) is 14.0 Å². The molecule has 10 nitrogen and oxygen atoms in total. The number of piperazine rings is 1. The van der Waals surface area contributed by atoms with E-state index in [1.807, 2.05) is 23.6 Å². The molecule has 1 aromatic heterocycles. The SMILES string of the molecule is C[C@@H]1CN(C(=O)N2CC3C(NC(=O)c4ccc(F)cn4)NNC3C2(C)C)[C@@H](C)CN1CCCO. The molecule has 0 aromatic carbocycles. The molecule has 34 heavy (non-hydrogen) atoms. The lowest BCUT2D eigenvalue weighted by molar-refractivity contribution is 0.0360. The van der Waals surface area contributed by atoms with Crippen LogP contribution in [0.2, 0.25) is 0 Å². The number of hydrogen-bond acceptors (Lipinski definition) is 7. The molecular formula is C23H36FN7O3. The minimum Gasteiger partial charge on any atom is -0.396 e. The van der Waals surface area contributed by atoms with E-state index < -0.39 is 23.4 Å². The topological polar surface area (TPSA) is 113 Å². The number of nitrogens with one attached hydrogen (secondary N) is 3. The second-order valence-corrected chi connectivity index (χ2v) is 10.2. The molecule has 0 aliphatic carbocycles. The van der Waals surface area contributed by atoms with Crippen molar-refractivity contribution in [2.75, 3.05) is 32.8 Å². The van der Waals surface area contributed by atoms with Crippen LogP contribution in [0.25, 0.3) is 0 Å². The number of fused-ring (bicyclic) bond motifs is 1. The van der Waals surface area contributed by atoms with Crippen molar-refractivity contribution in [3.63, 3.8) is 0 Å². The number of nitrogens with zero attached hydrogens (tertiary/aromatic N) is 4. The van der Waals surface area contributed by atoms with Gasteiger partial charge in [0.15, 0.2) is 0 Å². The molecule has 4 rings (SSSR count). The van der Waals surface area contributed by atoms with Crippen molar-refractivity contribution in [3.05, 3.63) is 29.8 Å². The number of carbonyl (C=O) groups is 2. The van der Waals surface area contributed by atoms with E-state index in [4.69, 9.17) is 5.11 Å². The first-order valence-electron chi connectivity index (χ1n) is 12.0. The summed E-state index contributed by atoms with van der Waals surface area (Å²) in [5.41, 5.74) is 6.08. The van der Waals surface area contributed by atoms with Gasteiger partial charge < -0.3 is 20.2 Å². The third-order valence-electron chi connectivity index (χ3n) is 7.54. The lowest BCUT2D eigenvalue weighted by Gasteiger charge is -2.47. The van der Waals surface area contributed by atoms with Crippen molar-refractivity contribution < 1.29 is 19.1 Å². The number of urea groups is 1. The minimum atomic E-state index is -0.498. The van der Waals surface area contributed by atoms with Crippen LogP contribution in [-0.4, -0.2) is 99.3 Å². The maximum absolute atomic E-state index is 13.7. The zero-order chi connectivity index (χ0) is 24.6. The van der Waals surface area contributed by atoms with Gasteiger partial charge in [0.2, 0.25) is 0 Å². The Bertz CT molecular complexity index is 899. The molecule has 0 spiro atoms. The van der Waals surface area contributed by atoms with Gasteiger partial charge in [-0.05, 0) is 46.2 Å². The van der Waals surface area contributed by atoms with Gasteiger partial charge in [-0.1, -0.05) is 0 Å². The summed E-state index contributed by atoms with van der Waals surface area (Å²) in [6, 6.07) is 2.78. The van der Waals surface area contributed by atoms with Crippen molar-refractivity contribution in [3.8, 4) is 0 Å². The first-order chi connectivity index (χ1) is 16.1. The lowest BCUT2D eigenvalue weighted by Crippen LogP contribution is -2.63. The zero-order valence-corrected chi connectivity index (χ0v) is 20.3. The second-order valence-electron chi connectivity index (χ2n) is 10.2. The molecule has 3 aliphatic rings. The van der Waals surface area contributed by atoms with Gasteiger partial charge >= 0.3 is 6.03 Å². The fraction of sp³-hybridized carbons (Fsp3) is 0.696. The summed E-state index contributed by atoms with van der Waals surface area (Å²) >= 11 is 0. The van der Waals surface area contributed by atoms with E-state index in [1.165, 1.54) is 12.1 Å². The van der Waals surface area contributed by atoms with Crippen molar-refractivity contribution in [2.24, 2.45) is 5.92 Å². The van der Waals surface area contributed by atoms with Crippen molar-refractivity contribution in [1.29, 1.82) is 0 Å². The molecule has 3 unspecified atom stereocenters. The van der Waals surface area contributed by atoms with Crippen LogP contribution < -0.4 is 16.2 Å². The van der Waals surface area contributed by atoms with Crippen LogP contribution in [-0.2, 0) is 0 Å². The number of amides is 3. The Morgan fingerprint density at radius 3 is 2.65 bits per heavy atom. The Balaban J connectivity index is 1.43. The van der Waals surface area contributed by atoms with Crippen LogP contribution >= 0.6 is 0 Å². The van der Waals surface area contributed by atoms with E-state index >= 15 is 0 Å². The minimum absolute atomic E-state index is 0.00707. The van der Waals surface area contributed by atoms with Gasteiger partial charge in [-0.3, -0.25) is 15.1 Å². The third kappa shape index (κ3) is 4.61. The highest BCUT2D eigenvalue weighted by atomic mass is 19.1. The van der Waals surface area contributed by atoms with Crippen LogP contribution in [0, 0.1) is 11.7 Å². The molecule has 3 amide bonds. The number of rotatable bonds is 5. The van der Waals surface area contributed by atoms with Gasteiger partial charge in [0, 0.05) is 50.8 Å². The Kier molecular flexibility index (Phi) is 7.09. The summed E-state index contributed by atoms with van der Waals surface area (Å²) in [6.07, 6.45) is 1.35. The molecule has 3 aliphatic heterocycles. The summed E-state index contributed by atoms with van der Waals surface area (Å²) in [5.74, 6) is -0.937. The summed E-state index contributed by atoms with van der Waals surface area (Å²) in [6.45, 7) is 11.2. The van der Waals surface area contributed by atoms with Gasteiger partial charge in [-0.15, -0.1) is 0 Å². The fourth-order valence-electron chi connectivity index (χ4n) is 5.51. The Morgan fingerprint density at radius 2 is 1.97 bits per heavy atom. The molecule has 3 fully saturated rings. The Hall–Kier alpha value is -2.34. The highest BCUT2D eigenvalue weighted by molar-refractivity contribution is 5.92. The first kappa shape index (κ1) is 24.8. The maximum Gasteiger partial charge on any atom is 0.320 e. The molecule has 0 radical (unpaired) electrons. The summed E-state index contributed by atoms with van der Waals surface area (Å²) in [7, 11) is 0. The molecular weight excluding hydrogens is 441 g/mol. The van der Waals surface area contributed by atoms with Crippen LogP contribution in [0.15, 0.2) is 18.3 Å². The predicted octanol–water partition coefficient (Wildman–Crippen LogP) is 0.360. The van der Waals surface area contributed by atoms with Gasteiger partial charge in [0.1, 0.15) is 11.5 Å². The highest BCUT2D eigenvalue weighted by Gasteiger charge is 2.56. The number of hydrogen-bond donors (Lipinski definition) is 4. The summed E-state index contributed by atoms with van der Waals surface area (Å²) in [4.78, 5) is 36.4. The number of halogens is 1. The maximum atomic E-state index is 13.7. The Labute approximate surface area is 199 Å².